The molecule has 3 fully saturated rings. The largest absolute Gasteiger partial charge is 0.356 e. The fourth-order valence-corrected chi connectivity index (χ4v) is 4.69. The highest BCUT2D eigenvalue weighted by atomic mass is 127. The average Bonchev–Trinajstić information content (AvgIpc) is 3.23. The highest BCUT2D eigenvalue weighted by molar-refractivity contribution is 14.0. The minimum Gasteiger partial charge on any atom is -0.356 e. The molecule has 28 heavy (non-hydrogen) atoms. The first-order valence-corrected chi connectivity index (χ1v) is 10.8. The molecule has 3 saturated heterocycles. The van der Waals surface area contributed by atoms with Gasteiger partial charge >= 0.3 is 0 Å². The predicted molar refractivity (Wildman–Crippen MR) is 125 cm³/mol. The fraction of sp³-hybridized carbons (Fsp3) is 0.900. The molecule has 8 heteroatoms. The molecular weight excluding hydrogens is 467 g/mol. The van der Waals surface area contributed by atoms with Crippen molar-refractivity contribution >= 4 is 35.8 Å². The Morgan fingerprint density at radius 1 is 1.04 bits per heavy atom. The molecule has 0 bridgehead atoms. The summed E-state index contributed by atoms with van der Waals surface area (Å²) < 4.78 is 0. The maximum absolute atomic E-state index is 12.7. The van der Waals surface area contributed by atoms with Crippen molar-refractivity contribution in [3.05, 3.63) is 0 Å². The summed E-state index contributed by atoms with van der Waals surface area (Å²) in [4.78, 5) is 26.3. The number of hydrogen-bond donors (Lipinski definition) is 1. The predicted octanol–water partition coefficient (Wildman–Crippen LogP) is 1.15. The number of hydrogen-bond acceptors (Lipinski definition) is 4. The van der Waals surface area contributed by atoms with Crippen molar-refractivity contribution < 1.29 is 4.79 Å². The van der Waals surface area contributed by atoms with E-state index in [-0.39, 0.29) is 30.0 Å². The van der Waals surface area contributed by atoms with Gasteiger partial charge in [0.25, 0.3) is 0 Å². The van der Waals surface area contributed by atoms with Crippen LogP contribution in [0.2, 0.25) is 0 Å². The molecule has 3 rings (SSSR count). The highest BCUT2D eigenvalue weighted by Gasteiger charge is 2.30. The van der Waals surface area contributed by atoms with Gasteiger partial charge in [-0.25, -0.2) is 0 Å². The lowest BCUT2D eigenvalue weighted by Gasteiger charge is -2.40. The Kier molecular flexibility index (Phi) is 9.76. The van der Waals surface area contributed by atoms with Gasteiger partial charge in [-0.15, -0.1) is 24.0 Å². The Bertz CT molecular complexity index is 517. The Balaban J connectivity index is 0.00000280. The summed E-state index contributed by atoms with van der Waals surface area (Å²) in [7, 11) is 4.09. The number of amides is 1. The van der Waals surface area contributed by atoms with Crippen molar-refractivity contribution in [2.24, 2.45) is 10.9 Å². The monoisotopic (exact) mass is 506 g/mol. The molecule has 0 radical (unpaired) electrons. The SMILES string of the molecule is CN=C(NCC1CCCN(C)C1)N1CCN(C(C)C(=O)N2CCCC2)CC1.I. The molecule has 0 aromatic heterocycles. The van der Waals surface area contributed by atoms with Gasteiger partial charge in [-0.2, -0.15) is 0 Å². The van der Waals surface area contributed by atoms with Gasteiger partial charge in [0.05, 0.1) is 6.04 Å². The van der Waals surface area contributed by atoms with Gasteiger partial charge in [0.1, 0.15) is 0 Å². The molecule has 1 N–H and O–H groups in total. The van der Waals surface area contributed by atoms with E-state index in [1.807, 2.05) is 11.9 Å². The van der Waals surface area contributed by atoms with Crippen molar-refractivity contribution in [1.82, 2.24) is 24.9 Å². The Morgan fingerprint density at radius 2 is 1.71 bits per heavy atom. The second-order valence-electron chi connectivity index (χ2n) is 8.43. The van der Waals surface area contributed by atoms with Gasteiger partial charge in [0, 0.05) is 59.4 Å². The minimum atomic E-state index is -0.00185. The molecule has 0 aromatic rings. The summed E-state index contributed by atoms with van der Waals surface area (Å²) in [6, 6.07) is -0.00185. The van der Waals surface area contributed by atoms with Gasteiger partial charge in [-0.3, -0.25) is 14.7 Å². The van der Waals surface area contributed by atoms with E-state index >= 15 is 0 Å². The zero-order chi connectivity index (χ0) is 19.2. The number of nitrogens with zero attached hydrogens (tertiary/aromatic N) is 5. The van der Waals surface area contributed by atoms with Crippen molar-refractivity contribution in [2.45, 2.75) is 38.6 Å². The smallest absolute Gasteiger partial charge is 0.239 e. The third-order valence-corrected chi connectivity index (χ3v) is 6.42. The summed E-state index contributed by atoms with van der Waals surface area (Å²) in [5.41, 5.74) is 0. The van der Waals surface area contributed by atoms with Crippen LogP contribution in [-0.2, 0) is 4.79 Å². The summed E-state index contributed by atoms with van der Waals surface area (Å²) in [6.45, 7) is 11.1. The normalized spacial score (nSPS) is 26.1. The van der Waals surface area contributed by atoms with Crippen molar-refractivity contribution in [3.63, 3.8) is 0 Å². The number of guanidine groups is 1. The fourth-order valence-electron chi connectivity index (χ4n) is 4.69. The molecule has 0 aliphatic carbocycles. The van der Waals surface area contributed by atoms with Gasteiger partial charge in [0.15, 0.2) is 5.96 Å². The summed E-state index contributed by atoms with van der Waals surface area (Å²) in [5.74, 6) is 2.03. The van der Waals surface area contributed by atoms with Crippen LogP contribution in [0.5, 0.6) is 0 Å². The van der Waals surface area contributed by atoms with Gasteiger partial charge in [0.2, 0.25) is 5.91 Å². The molecule has 3 aliphatic rings. The van der Waals surface area contributed by atoms with Crippen LogP contribution in [0.1, 0.15) is 32.6 Å². The summed E-state index contributed by atoms with van der Waals surface area (Å²) in [5, 5.41) is 3.60. The number of piperidine rings is 1. The average molecular weight is 506 g/mol. The number of nitrogens with one attached hydrogen (secondary N) is 1. The first-order valence-electron chi connectivity index (χ1n) is 10.8. The lowest BCUT2D eigenvalue weighted by molar-refractivity contribution is -0.135. The maximum atomic E-state index is 12.7. The number of piperazine rings is 1. The second-order valence-corrected chi connectivity index (χ2v) is 8.43. The van der Waals surface area contributed by atoms with Crippen LogP contribution in [-0.4, -0.2) is 111 Å². The second kappa shape index (κ2) is 11.5. The molecule has 0 aromatic carbocycles. The van der Waals surface area contributed by atoms with E-state index in [1.165, 1.54) is 25.9 Å². The maximum Gasteiger partial charge on any atom is 0.239 e. The van der Waals surface area contributed by atoms with Crippen molar-refractivity contribution in [3.8, 4) is 0 Å². The molecule has 3 aliphatic heterocycles. The Hall–Kier alpha value is -0.610. The summed E-state index contributed by atoms with van der Waals surface area (Å²) in [6.07, 6.45) is 4.91. The molecule has 3 heterocycles. The third kappa shape index (κ3) is 6.19. The Labute approximate surface area is 187 Å². The molecule has 1 amide bonds. The van der Waals surface area contributed by atoms with Gasteiger partial charge in [-0.05, 0) is 52.1 Å². The van der Waals surface area contributed by atoms with Crippen LogP contribution in [0.25, 0.3) is 0 Å². The van der Waals surface area contributed by atoms with Crippen molar-refractivity contribution in [2.75, 3.05) is 73.0 Å². The standard InChI is InChI=1S/C20H38N6O.HI/c1-17(19(27)25-9-4-5-10-25)24-11-13-26(14-12-24)20(21-2)22-15-18-7-6-8-23(3)16-18;/h17-18H,4-16H2,1-3H3,(H,21,22);1H. The van der Waals surface area contributed by atoms with E-state index in [0.29, 0.717) is 11.8 Å². The molecule has 2 atom stereocenters. The summed E-state index contributed by atoms with van der Waals surface area (Å²) >= 11 is 0. The van der Waals surface area contributed by atoms with E-state index < -0.39 is 0 Å². The van der Waals surface area contributed by atoms with E-state index in [0.717, 1.165) is 64.6 Å². The quantitative estimate of drug-likeness (QED) is 0.353. The van der Waals surface area contributed by atoms with E-state index in [1.54, 1.807) is 0 Å². The number of rotatable bonds is 4. The van der Waals surface area contributed by atoms with Gasteiger partial charge in [-0.1, -0.05) is 0 Å². The number of halogens is 1. The van der Waals surface area contributed by atoms with E-state index in [9.17, 15) is 4.79 Å². The molecule has 0 saturated carbocycles. The van der Waals surface area contributed by atoms with Crippen LogP contribution in [0, 0.1) is 5.92 Å². The van der Waals surface area contributed by atoms with E-state index in [4.69, 9.17) is 0 Å². The topological polar surface area (TPSA) is 54.4 Å². The van der Waals surface area contributed by atoms with E-state index in [2.05, 4.69) is 39.0 Å². The molecule has 7 nitrogen and oxygen atoms in total. The van der Waals surface area contributed by atoms with Crippen LogP contribution in [0.15, 0.2) is 4.99 Å². The van der Waals surface area contributed by atoms with Crippen LogP contribution >= 0.6 is 24.0 Å². The Morgan fingerprint density at radius 3 is 2.32 bits per heavy atom. The first-order chi connectivity index (χ1) is 13.1. The highest BCUT2D eigenvalue weighted by Crippen LogP contribution is 2.15. The lowest BCUT2D eigenvalue weighted by Crippen LogP contribution is -2.57. The molecular formula is C20H39IN6O. The lowest BCUT2D eigenvalue weighted by atomic mass is 9.98. The number of carbonyl (C=O) groups is 1. The number of likely N-dealkylation sites (tertiary alicyclic amines) is 2. The first kappa shape index (κ1) is 23.7. The number of carbonyl (C=O) groups excluding carboxylic acids is 1. The molecule has 162 valence electrons. The van der Waals surface area contributed by atoms with Crippen LogP contribution < -0.4 is 5.32 Å². The third-order valence-electron chi connectivity index (χ3n) is 6.42. The van der Waals surface area contributed by atoms with Gasteiger partial charge < -0.3 is 20.0 Å². The van der Waals surface area contributed by atoms with Crippen molar-refractivity contribution in [1.29, 1.82) is 0 Å². The minimum absolute atomic E-state index is 0. The molecule has 2 unspecified atom stereocenters. The zero-order valence-corrected chi connectivity index (χ0v) is 20.2. The number of aliphatic imine (C=N–C) groups is 1. The van der Waals surface area contributed by atoms with Crippen LogP contribution in [0.3, 0.4) is 0 Å². The zero-order valence-electron chi connectivity index (χ0n) is 17.9. The van der Waals surface area contributed by atoms with Crippen LogP contribution in [0.4, 0.5) is 0 Å². The molecule has 0 spiro atoms.